The van der Waals surface area contributed by atoms with Crippen LogP contribution in [0.1, 0.15) is 11.3 Å². The van der Waals surface area contributed by atoms with E-state index in [0.717, 1.165) is 22.5 Å². The number of aromatic amines is 2. The Kier molecular flexibility index (Phi) is 3.09. The van der Waals surface area contributed by atoms with Gasteiger partial charge in [-0.1, -0.05) is 0 Å². The average Bonchev–Trinajstić information content (AvgIpc) is 2.98. The van der Waals surface area contributed by atoms with Crippen molar-refractivity contribution in [3.05, 3.63) is 58.3 Å². The number of hydrogen-bond donors (Lipinski definition) is 2. The summed E-state index contributed by atoms with van der Waals surface area (Å²) in [6.45, 7) is 1.78. The van der Waals surface area contributed by atoms with Crippen molar-refractivity contribution in [1.29, 1.82) is 5.26 Å². The summed E-state index contributed by atoms with van der Waals surface area (Å²) >= 11 is 0. The Bertz CT molecular complexity index is 886. The molecule has 3 heterocycles. The number of hydrogen-bond acceptors (Lipinski definition) is 4. The van der Waals surface area contributed by atoms with Gasteiger partial charge in [0.2, 0.25) is 0 Å². The van der Waals surface area contributed by atoms with Crippen LogP contribution in [0.2, 0.25) is 0 Å². The minimum absolute atomic E-state index is 0.0793. The molecule has 6 heteroatoms. The maximum absolute atomic E-state index is 11.6. The van der Waals surface area contributed by atoms with E-state index in [9.17, 15) is 4.79 Å². The maximum atomic E-state index is 11.6. The van der Waals surface area contributed by atoms with Crippen LogP contribution in [0.25, 0.3) is 22.5 Å². The summed E-state index contributed by atoms with van der Waals surface area (Å²) < 4.78 is 0. The highest BCUT2D eigenvalue weighted by Gasteiger charge is 2.11. The lowest BCUT2D eigenvalue weighted by Gasteiger charge is -2.02. The van der Waals surface area contributed by atoms with Crippen molar-refractivity contribution < 1.29 is 0 Å². The normalized spacial score (nSPS) is 10.3. The van der Waals surface area contributed by atoms with Crippen LogP contribution in [-0.2, 0) is 0 Å². The Balaban J connectivity index is 2.09. The molecule has 3 rings (SSSR count). The molecule has 0 fully saturated rings. The third kappa shape index (κ3) is 2.32. The lowest BCUT2D eigenvalue weighted by molar-refractivity contribution is 1.08. The van der Waals surface area contributed by atoms with E-state index in [2.05, 4.69) is 20.2 Å². The molecule has 3 aromatic rings. The van der Waals surface area contributed by atoms with Gasteiger partial charge in [0.15, 0.2) is 0 Å². The first-order valence-corrected chi connectivity index (χ1v) is 6.29. The Morgan fingerprint density at radius 1 is 1.24 bits per heavy atom. The summed E-state index contributed by atoms with van der Waals surface area (Å²) in [5.74, 6) is 0. The molecule has 0 amide bonds. The van der Waals surface area contributed by atoms with E-state index >= 15 is 0 Å². The SMILES string of the molecule is Cc1[nH]c(=O)c(C#N)cc1-c1cc(-c2ccncc2)n[nH]1. The van der Waals surface area contributed by atoms with Gasteiger partial charge in [-0.2, -0.15) is 10.4 Å². The molecule has 0 atom stereocenters. The quantitative estimate of drug-likeness (QED) is 0.748. The molecule has 3 aromatic heterocycles. The molecule has 0 saturated carbocycles. The largest absolute Gasteiger partial charge is 0.325 e. The second-order valence-corrected chi connectivity index (χ2v) is 4.57. The van der Waals surface area contributed by atoms with Gasteiger partial charge in [0.25, 0.3) is 5.56 Å². The lowest BCUT2D eigenvalue weighted by atomic mass is 10.1. The number of rotatable bonds is 2. The van der Waals surface area contributed by atoms with Crippen LogP contribution in [-0.4, -0.2) is 20.2 Å². The van der Waals surface area contributed by atoms with Crippen LogP contribution in [0.15, 0.2) is 41.5 Å². The van der Waals surface area contributed by atoms with Crippen LogP contribution >= 0.6 is 0 Å². The zero-order valence-electron chi connectivity index (χ0n) is 11.2. The van der Waals surface area contributed by atoms with Crippen molar-refractivity contribution in [2.24, 2.45) is 0 Å². The molecule has 0 bridgehead atoms. The van der Waals surface area contributed by atoms with E-state index in [4.69, 9.17) is 5.26 Å². The fraction of sp³-hybridized carbons (Fsp3) is 0.0667. The minimum atomic E-state index is -0.382. The van der Waals surface area contributed by atoms with Crippen molar-refractivity contribution in [3.8, 4) is 28.6 Å². The molecule has 102 valence electrons. The molecule has 0 saturated heterocycles. The average molecular weight is 277 g/mol. The van der Waals surface area contributed by atoms with Gasteiger partial charge in [-0.15, -0.1) is 0 Å². The predicted octanol–water partition coefficient (Wildman–Crippen LogP) is 2.01. The summed E-state index contributed by atoms with van der Waals surface area (Å²) in [4.78, 5) is 18.2. The molecule has 2 N–H and O–H groups in total. The van der Waals surface area contributed by atoms with Crippen LogP contribution in [0.5, 0.6) is 0 Å². The molecule has 6 nitrogen and oxygen atoms in total. The van der Waals surface area contributed by atoms with Gasteiger partial charge in [-0.3, -0.25) is 14.9 Å². The Labute approximate surface area is 120 Å². The summed E-state index contributed by atoms with van der Waals surface area (Å²) in [6, 6.07) is 9.05. The number of aromatic nitrogens is 4. The summed E-state index contributed by atoms with van der Waals surface area (Å²) in [5, 5.41) is 16.1. The van der Waals surface area contributed by atoms with Gasteiger partial charge in [0, 0.05) is 29.2 Å². The fourth-order valence-electron chi connectivity index (χ4n) is 2.12. The second-order valence-electron chi connectivity index (χ2n) is 4.57. The number of nitrogens with zero attached hydrogens (tertiary/aromatic N) is 3. The molecular formula is C15H11N5O. The third-order valence-electron chi connectivity index (χ3n) is 3.20. The molecule has 0 aliphatic carbocycles. The van der Waals surface area contributed by atoms with Crippen LogP contribution in [0, 0.1) is 18.3 Å². The highest BCUT2D eigenvalue weighted by molar-refractivity contribution is 5.69. The van der Waals surface area contributed by atoms with Crippen molar-refractivity contribution >= 4 is 0 Å². The third-order valence-corrected chi connectivity index (χ3v) is 3.20. The highest BCUT2D eigenvalue weighted by Crippen LogP contribution is 2.24. The zero-order chi connectivity index (χ0) is 14.8. The van der Waals surface area contributed by atoms with Gasteiger partial charge >= 0.3 is 0 Å². The summed E-state index contributed by atoms with van der Waals surface area (Å²) in [7, 11) is 0. The van der Waals surface area contributed by atoms with Crippen LogP contribution < -0.4 is 5.56 Å². The number of nitrogens with one attached hydrogen (secondary N) is 2. The topological polar surface area (TPSA) is 98.2 Å². The first kappa shape index (κ1) is 12.8. The number of nitriles is 1. The summed E-state index contributed by atoms with van der Waals surface area (Å²) in [5.41, 5.74) is 3.59. The Morgan fingerprint density at radius 3 is 2.71 bits per heavy atom. The summed E-state index contributed by atoms with van der Waals surface area (Å²) in [6.07, 6.45) is 3.39. The minimum Gasteiger partial charge on any atom is -0.325 e. The monoisotopic (exact) mass is 277 g/mol. The number of H-pyrrole nitrogens is 2. The van der Waals surface area contributed by atoms with Crippen molar-refractivity contribution in [3.63, 3.8) is 0 Å². The van der Waals surface area contributed by atoms with Crippen molar-refractivity contribution in [2.75, 3.05) is 0 Å². The van der Waals surface area contributed by atoms with E-state index in [1.165, 1.54) is 0 Å². The number of pyridine rings is 2. The Morgan fingerprint density at radius 2 is 2.00 bits per heavy atom. The molecule has 0 radical (unpaired) electrons. The van der Waals surface area contributed by atoms with E-state index in [1.54, 1.807) is 25.4 Å². The molecule has 0 aromatic carbocycles. The van der Waals surface area contributed by atoms with Gasteiger partial charge in [0.1, 0.15) is 11.6 Å². The van der Waals surface area contributed by atoms with Crippen molar-refractivity contribution in [2.45, 2.75) is 6.92 Å². The van der Waals surface area contributed by atoms with Crippen LogP contribution in [0.4, 0.5) is 0 Å². The van der Waals surface area contributed by atoms with Crippen LogP contribution in [0.3, 0.4) is 0 Å². The smallest absolute Gasteiger partial charge is 0.266 e. The van der Waals surface area contributed by atoms with Gasteiger partial charge < -0.3 is 4.98 Å². The maximum Gasteiger partial charge on any atom is 0.266 e. The van der Waals surface area contributed by atoms with Crippen molar-refractivity contribution in [1.82, 2.24) is 20.2 Å². The van der Waals surface area contributed by atoms with E-state index in [-0.39, 0.29) is 11.1 Å². The molecule has 0 aliphatic heterocycles. The molecule has 0 spiro atoms. The van der Waals surface area contributed by atoms with Gasteiger partial charge in [0.05, 0.1) is 11.4 Å². The van der Waals surface area contributed by atoms with E-state index < -0.39 is 0 Å². The zero-order valence-corrected chi connectivity index (χ0v) is 11.2. The Hall–Kier alpha value is -3.20. The van der Waals surface area contributed by atoms with E-state index in [0.29, 0.717) is 5.69 Å². The predicted molar refractivity (Wildman–Crippen MR) is 77.3 cm³/mol. The van der Waals surface area contributed by atoms with E-state index in [1.807, 2.05) is 24.3 Å². The first-order chi connectivity index (χ1) is 10.2. The first-order valence-electron chi connectivity index (χ1n) is 6.29. The number of aryl methyl sites for hydroxylation is 1. The molecular weight excluding hydrogens is 266 g/mol. The molecule has 0 aliphatic rings. The highest BCUT2D eigenvalue weighted by atomic mass is 16.1. The standard InChI is InChI=1S/C15H11N5O/c1-9-12(6-11(8-16)15(21)18-9)14-7-13(19-20-14)10-2-4-17-5-3-10/h2-7H,1H3,(H,18,21)(H,19,20). The van der Waals surface area contributed by atoms with Gasteiger partial charge in [-0.25, -0.2) is 0 Å². The molecule has 21 heavy (non-hydrogen) atoms. The molecule has 0 unspecified atom stereocenters. The fourth-order valence-corrected chi connectivity index (χ4v) is 2.12. The lowest BCUT2D eigenvalue weighted by Crippen LogP contribution is -2.11. The second kappa shape index (κ2) is 5.06. The van der Waals surface area contributed by atoms with Gasteiger partial charge in [-0.05, 0) is 31.2 Å².